The van der Waals surface area contributed by atoms with E-state index in [4.69, 9.17) is 4.74 Å². The smallest absolute Gasteiger partial charge is 0.154 e. The van der Waals surface area contributed by atoms with Gasteiger partial charge in [0.25, 0.3) is 0 Å². The molecule has 0 radical (unpaired) electrons. The highest BCUT2D eigenvalue weighted by Gasteiger charge is 2.24. The van der Waals surface area contributed by atoms with Crippen LogP contribution in [-0.4, -0.2) is 108 Å². The van der Waals surface area contributed by atoms with Crippen LogP contribution < -0.4 is 30.3 Å². The minimum absolute atomic E-state index is 0.0553. The van der Waals surface area contributed by atoms with Crippen LogP contribution in [0.1, 0.15) is 5.56 Å². The molecule has 0 aliphatic heterocycles. The van der Waals surface area contributed by atoms with E-state index < -0.39 is 62.1 Å². The summed E-state index contributed by atoms with van der Waals surface area (Å²) in [5.41, 5.74) is 0.527. The topological polar surface area (TPSA) is 240 Å². The van der Waals surface area contributed by atoms with Gasteiger partial charge in [-0.25, -0.2) is 0 Å². The van der Waals surface area contributed by atoms with Crippen LogP contribution in [0.15, 0.2) is 36.4 Å². The second-order valence-corrected chi connectivity index (χ2v) is 11.8. The molecule has 2 aromatic rings. The second kappa shape index (κ2) is 17.9. The third kappa shape index (κ3) is 13.2. The number of hydrogen-bond acceptors (Lipinski definition) is 15. The highest BCUT2D eigenvalue weighted by atomic mass is 127. The van der Waals surface area contributed by atoms with Crippen LogP contribution >= 0.6 is 45.2 Å². The molecule has 0 saturated heterocycles. The molecule has 1 unspecified atom stereocenters. The van der Waals surface area contributed by atoms with Gasteiger partial charge in [-0.3, -0.25) is 14.7 Å². The number of phenols is 1. The summed E-state index contributed by atoms with van der Waals surface area (Å²) in [5, 5.41) is 66.4. The Balaban J connectivity index is 2.36. The number of hydrogen-bond donors (Lipinski definition) is 1. The molecule has 2 rings (SSSR count). The van der Waals surface area contributed by atoms with E-state index in [1.54, 1.807) is 24.3 Å². The van der Waals surface area contributed by atoms with Crippen LogP contribution in [0.2, 0.25) is 0 Å². The van der Waals surface area contributed by atoms with Crippen molar-refractivity contribution in [1.29, 1.82) is 0 Å². The lowest BCUT2D eigenvalue weighted by Gasteiger charge is -2.36. The molecule has 0 aliphatic rings. The fraction of sp³-hybridized carbons (Fsp3) is 0.370. The van der Waals surface area contributed by atoms with Crippen molar-refractivity contribution in [2.24, 2.45) is 0 Å². The summed E-state index contributed by atoms with van der Waals surface area (Å²) >= 11 is 4.01. The molecule has 17 heteroatoms. The Bertz CT molecular complexity index is 1250. The van der Waals surface area contributed by atoms with Gasteiger partial charge in [0.05, 0.1) is 43.0 Å². The number of aromatic hydroxyl groups is 1. The largest absolute Gasteiger partial charge is 0.549 e. The number of phenolic OH excluding ortho intramolecular Hbond substituents is 1. The number of aliphatic carboxylic acids is 5. The van der Waals surface area contributed by atoms with Crippen LogP contribution in [0.3, 0.4) is 0 Å². The molecule has 240 valence electrons. The summed E-state index contributed by atoms with van der Waals surface area (Å²) in [4.78, 5) is 60.1. The molecule has 0 aliphatic carbocycles. The monoisotopic (exact) mass is 838 g/mol. The fourth-order valence-electron chi connectivity index (χ4n) is 4.17. The van der Waals surface area contributed by atoms with Crippen molar-refractivity contribution in [2.75, 3.05) is 52.4 Å². The van der Waals surface area contributed by atoms with E-state index in [2.05, 4.69) is 0 Å². The van der Waals surface area contributed by atoms with Gasteiger partial charge in [0.2, 0.25) is 0 Å². The standard InChI is InChI=1S/C27H31I2N3O12/c28-19-9-16(10-20(29)26(19)44-18-3-1-17(33)2-4-18)11-21(27(42)43)32(7-5-30(12-22(34)35)13-23(36)37)8-6-31(14-24(38)39)15-25(40)41/h1-4,9-10,21,33H,5-8,11-15H2,(H,34,35)(H,36,37)(H,38,39)(H,40,41)(H,42,43)/p-5. The van der Waals surface area contributed by atoms with Gasteiger partial charge in [-0.2, -0.15) is 0 Å². The van der Waals surface area contributed by atoms with Crippen molar-refractivity contribution in [1.82, 2.24) is 14.7 Å². The number of nitrogens with zero attached hydrogens (tertiary/aromatic N) is 3. The summed E-state index contributed by atoms with van der Waals surface area (Å²) in [6.07, 6.45) is -0.157. The molecule has 0 aromatic heterocycles. The molecule has 0 spiro atoms. The number of carbonyl (C=O) groups is 5. The third-order valence-corrected chi connectivity index (χ3v) is 7.68. The van der Waals surface area contributed by atoms with Crippen LogP contribution in [0.25, 0.3) is 0 Å². The Morgan fingerprint density at radius 1 is 0.705 bits per heavy atom. The SMILES string of the molecule is O=C([O-])CN(CCN(CCN(CC(=O)[O-])CC(=O)[O-])C(Cc1cc(I)c(Oc2ccc(O)cc2)c(I)c1)C(=O)[O-])CC(=O)[O-]. The van der Waals surface area contributed by atoms with Gasteiger partial charge in [0.1, 0.15) is 11.5 Å². The van der Waals surface area contributed by atoms with E-state index in [0.717, 1.165) is 9.80 Å². The van der Waals surface area contributed by atoms with Gasteiger partial charge in [0.15, 0.2) is 5.75 Å². The van der Waals surface area contributed by atoms with E-state index in [0.29, 0.717) is 24.2 Å². The highest BCUT2D eigenvalue weighted by molar-refractivity contribution is 14.1. The van der Waals surface area contributed by atoms with Crippen molar-refractivity contribution < 1.29 is 59.3 Å². The van der Waals surface area contributed by atoms with Crippen molar-refractivity contribution in [3.05, 3.63) is 49.1 Å². The van der Waals surface area contributed by atoms with E-state index >= 15 is 0 Å². The molecule has 0 saturated carbocycles. The molecule has 1 N–H and O–H groups in total. The highest BCUT2D eigenvalue weighted by Crippen LogP contribution is 2.34. The summed E-state index contributed by atoms with van der Waals surface area (Å²) in [6.45, 7) is -4.20. The summed E-state index contributed by atoms with van der Waals surface area (Å²) in [6, 6.07) is 7.97. The number of rotatable bonds is 20. The second-order valence-electron chi connectivity index (χ2n) is 9.47. The minimum Gasteiger partial charge on any atom is -0.549 e. The van der Waals surface area contributed by atoms with Crippen molar-refractivity contribution in [2.45, 2.75) is 12.5 Å². The Hall–Kier alpha value is -3.27. The molecule has 2 aromatic carbocycles. The Kier molecular flexibility index (Phi) is 15.0. The van der Waals surface area contributed by atoms with Gasteiger partial charge in [-0.15, -0.1) is 0 Å². The molecule has 44 heavy (non-hydrogen) atoms. The maximum atomic E-state index is 12.4. The van der Waals surface area contributed by atoms with Crippen LogP contribution in [0.4, 0.5) is 0 Å². The maximum Gasteiger partial charge on any atom is 0.154 e. The molecule has 0 heterocycles. The van der Waals surface area contributed by atoms with Gasteiger partial charge < -0.3 is 59.3 Å². The Morgan fingerprint density at radius 3 is 1.48 bits per heavy atom. The van der Waals surface area contributed by atoms with Gasteiger partial charge in [0, 0.05) is 52.4 Å². The van der Waals surface area contributed by atoms with Crippen molar-refractivity contribution in [3.8, 4) is 17.2 Å². The predicted octanol–water partition coefficient (Wildman–Crippen LogP) is -5.04. The minimum atomic E-state index is -1.58. The first kappa shape index (κ1) is 36.9. The number of carboxylic acid groups (broad SMARTS) is 5. The molecule has 1 atom stereocenters. The first-order valence-electron chi connectivity index (χ1n) is 12.8. The Morgan fingerprint density at radius 2 is 1.11 bits per heavy atom. The molecule has 0 fully saturated rings. The number of halogens is 2. The van der Waals surface area contributed by atoms with Crippen molar-refractivity contribution >= 4 is 75.0 Å². The average molecular weight is 838 g/mol. The van der Waals surface area contributed by atoms with Gasteiger partial charge >= 0.3 is 0 Å². The van der Waals surface area contributed by atoms with Crippen LogP contribution in [-0.2, 0) is 30.4 Å². The zero-order chi connectivity index (χ0) is 33.0. The fourth-order valence-corrected chi connectivity index (χ4v) is 6.28. The van der Waals surface area contributed by atoms with E-state index in [1.807, 2.05) is 45.2 Å². The van der Waals surface area contributed by atoms with Crippen LogP contribution in [0.5, 0.6) is 17.2 Å². The Labute approximate surface area is 278 Å². The average Bonchev–Trinajstić information content (AvgIpc) is 2.89. The first-order chi connectivity index (χ1) is 20.6. The lowest BCUT2D eigenvalue weighted by molar-refractivity contribution is -0.314. The molecule has 15 nitrogen and oxygen atoms in total. The van der Waals surface area contributed by atoms with E-state index in [1.165, 1.54) is 17.0 Å². The normalized spacial score (nSPS) is 11.9. The number of benzene rings is 2. The summed E-state index contributed by atoms with van der Waals surface area (Å²) < 4.78 is 7.15. The first-order valence-corrected chi connectivity index (χ1v) is 14.9. The maximum absolute atomic E-state index is 12.4. The van der Waals surface area contributed by atoms with Crippen molar-refractivity contribution in [3.63, 3.8) is 0 Å². The quantitative estimate of drug-likeness (QED) is 0.123. The summed E-state index contributed by atoms with van der Waals surface area (Å²) in [7, 11) is 0. The molecular formula is C27H26I2N3O12-5. The van der Waals surface area contributed by atoms with Gasteiger partial charge in [-0.1, -0.05) is 0 Å². The third-order valence-electron chi connectivity index (χ3n) is 6.07. The number of carbonyl (C=O) groups excluding carboxylic acids is 5. The predicted molar refractivity (Wildman–Crippen MR) is 157 cm³/mol. The summed E-state index contributed by atoms with van der Waals surface area (Å²) in [5.74, 6) is -6.89. The zero-order valence-electron chi connectivity index (χ0n) is 22.9. The molecular weight excluding hydrogens is 812 g/mol. The van der Waals surface area contributed by atoms with E-state index in [9.17, 15) is 54.6 Å². The lowest BCUT2D eigenvalue weighted by atomic mass is 10.0. The number of ether oxygens (including phenoxy) is 1. The molecule has 0 bridgehead atoms. The zero-order valence-corrected chi connectivity index (χ0v) is 27.3. The van der Waals surface area contributed by atoms with Gasteiger partial charge in [-0.05, 0) is 93.6 Å². The molecule has 0 amide bonds. The lowest BCUT2D eigenvalue weighted by Crippen LogP contribution is -2.55. The number of carboxylic acids is 5. The van der Waals surface area contributed by atoms with E-state index in [-0.39, 0.29) is 38.3 Å². The van der Waals surface area contributed by atoms with Crippen LogP contribution in [0, 0.1) is 7.14 Å².